The van der Waals surface area contributed by atoms with Gasteiger partial charge in [-0.05, 0) is 24.5 Å². The number of thioether (sulfide) groups is 1. The van der Waals surface area contributed by atoms with E-state index in [-0.39, 0.29) is 0 Å². The van der Waals surface area contributed by atoms with Gasteiger partial charge in [0.2, 0.25) is 0 Å². The number of rotatable bonds is 2. The molecule has 0 saturated carbocycles. The molecule has 0 fully saturated rings. The topological polar surface area (TPSA) is 27.0 Å². The molecule has 0 aromatic heterocycles. The molecule has 0 saturated heterocycles. The summed E-state index contributed by atoms with van der Waals surface area (Å²) in [7, 11) is 1.69. The second kappa shape index (κ2) is 4.40. The highest BCUT2D eigenvalue weighted by Crippen LogP contribution is 2.29. The van der Waals surface area contributed by atoms with Crippen molar-refractivity contribution in [1.82, 2.24) is 0 Å². The highest BCUT2D eigenvalue weighted by atomic mass is 35.5. The zero-order valence-corrected chi connectivity index (χ0v) is 8.99. The van der Waals surface area contributed by atoms with Crippen LogP contribution in [0.15, 0.2) is 23.1 Å². The van der Waals surface area contributed by atoms with Crippen molar-refractivity contribution in [2.24, 2.45) is 0 Å². The Labute approximate surface area is 87.1 Å². The van der Waals surface area contributed by atoms with Gasteiger partial charge >= 0.3 is 0 Å². The molecule has 0 aliphatic heterocycles. The lowest BCUT2D eigenvalue weighted by molar-refractivity contribution is 1.19. The van der Waals surface area contributed by atoms with Gasteiger partial charge in [-0.25, -0.2) is 0 Å². The van der Waals surface area contributed by atoms with Crippen LogP contribution in [0.25, 0.3) is 0 Å². The standard InChI is InChI=1S/C9H9ClN2S/c1-12(6-11)9-5-7(13-2)3-4-8(9)10/h3-5H,1-2H3. The van der Waals surface area contributed by atoms with Crippen LogP contribution in [0.1, 0.15) is 0 Å². The van der Waals surface area contributed by atoms with Gasteiger partial charge in [0, 0.05) is 11.9 Å². The molecular weight excluding hydrogens is 204 g/mol. The van der Waals surface area contributed by atoms with Gasteiger partial charge < -0.3 is 0 Å². The molecule has 0 unspecified atom stereocenters. The normalized spacial score (nSPS) is 9.38. The predicted octanol–water partition coefficient (Wildman–Crippen LogP) is 2.98. The summed E-state index contributed by atoms with van der Waals surface area (Å²) in [4.78, 5) is 2.55. The molecule has 68 valence electrons. The maximum Gasteiger partial charge on any atom is 0.184 e. The van der Waals surface area contributed by atoms with Crippen molar-refractivity contribution in [1.29, 1.82) is 5.26 Å². The molecule has 4 heteroatoms. The minimum Gasteiger partial charge on any atom is -0.281 e. The maximum absolute atomic E-state index is 8.69. The van der Waals surface area contributed by atoms with Crippen LogP contribution in [0.4, 0.5) is 5.69 Å². The lowest BCUT2D eigenvalue weighted by atomic mass is 10.3. The van der Waals surface area contributed by atoms with Gasteiger partial charge in [0.15, 0.2) is 6.19 Å². The van der Waals surface area contributed by atoms with Gasteiger partial charge in [0.1, 0.15) is 0 Å². The summed E-state index contributed by atoms with van der Waals surface area (Å²) < 4.78 is 0. The monoisotopic (exact) mass is 212 g/mol. The van der Waals surface area contributed by atoms with Gasteiger partial charge in [-0.3, -0.25) is 4.90 Å². The third-order valence-corrected chi connectivity index (χ3v) is 2.71. The SMILES string of the molecule is CSc1ccc(Cl)c(N(C)C#N)c1. The summed E-state index contributed by atoms with van der Waals surface area (Å²) in [5.41, 5.74) is 0.746. The first kappa shape index (κ1) is 10.2. The Hall–Kier alpha value is -0.850. The van der Waals surface area contributed by atoms with Crippen molar-refractivity contribution in [3.05, 3.63) is 23.2 Å². The Morgan fingerprint density at radius 3 is 2.77 bits per heavy atom. The van der Waals surface area contributed by atoms with Crippen molar-refractivity contribution in [3.8, 4) is 6.19 Å². The van der Waals surface area contributed by atoms with Crippen LogP contribution in [0.3, 0.4) is 0 Å². The molecule has 0 N–H and O–H groups in total. The molecule has 1 rings (SSSR count). The minimum atomic E-state index is 0.599. The van der Waals surface area contributed by atoms with E-state index in [1.807, 2.05) is 24.6 Å². The van der Waals surface area contributed by atoms with Crippen molar-refractivity contribution in [2.45, 2.75) is 4.90 Å². The maximum atomic E-state index is 8.69. The summed E-state index contributed by atoms with van der Waals surface area (Å²) in [5, 5.41) is 9.29. The van der Waals surface area contributed by atoms with E-state index in [4.69, 9.17) is 16.9 Å². The van der Waals surface area contributed by atoms with Crippen LogP contribution in [0.5, 0.6) is 0 Å². The molecule has 0 spiro atoms. The number of hydrogen-bond donors (Lipinski definition) is 0. The molecule has 0 amide bonds. The summed E-state index contributed by atoms with van der Waals surface area (Å²) in [5.74, 6) is 0. The molecule has 0 atom stereocenters. The zero-order chi connectivity index (χ0) is 9.84. The van der Waals surface area contributed by atoms with Gasteiger partial charge in [0.05, 0.1) is 10.7 Å². The number of nitriles is 1. The molecule has 0 aliphatic carbocycles. The molecule has 0 bridgehead atoms. The molecule has 2 nitrogen and oxygen atoms in total. The Balaban J connectivity index is 3.12. The fourth-order valence-corrected chi connectivity index (χ4v) is 1.61. The number of hydrogen-bond acceptors (Lipinski definition) is 3. The van der Waals surface area contributed by atoms with Crippen LogP contribution >= 0.6 is 23.4 Å². The largest absolute Gasteiger partial charge is 0.281 e. The molecule has 0 radical (unpaired) electrons. The van der Waals surface area contributed by atoms with Crippen LogP contribution in [-0.2, 0) is 0 Å². The highest BCUT2D eigenvalue weighted by Gasteiger charge is 2.05. The number of halogens is 1. The van der Waals surface area contributed by atoms with E-state index in [1.54, 1.807) is 24.9 Å². The van der Waals surface area contributed by atoms with E-state index in [0.29, 0.717) is 5.02 Å². The first-order valence-corrected chi connectivity index (χ1v) is 5.26. The van der Waals surface area contributed by atoms with Crippen molar-refractivity contribution < 1.29 is 0 Å². The van der Waals surface area contributed by atoms with Gasteiger partial charge in [-0.2, -0.15) is 5.26 Å². The lowest BCUT2D eigenvalue weighted by Crippen LogP contribution is -2.08. The molecule has 0 aliphatic rings. The zero-order valence-electron chi connectivity index (χ0n) is 7.41. The minimum absolute atomic E-state index is 0.599. The Kier molecular flexibility index (Phi) is 3.47. The van der Waals surface area contributed by atoms with Gasteiger partial charge in [-0.15, -0.1) is 11.8 Å². The summed E-state index contributed by atoms with van der Waals surface area (Å²) >= 11 is 7.55. The van der Waals surface area contributed by atoms with Crippen molar-refractivity contribution in [3.63, 3.8) is 0 Å². The summed E-state index contributed by atoms with van der Waals surface area (Å²) in [6.07, 6.45) is 4.00. The van der Waals surface area contributed by atoms with Crippen LogP contribution in [0.2, 0.25) is 5.02 Å². The quantitative estimate of drug-likeness (QED) is 0.429. The summed E-state index contributed by atoms with van der Waals surface area (Å²) in [6.45, 7) is 0. The van der Waals surface area contributed by atoms with E-state index >= 15 is 0 Å². The third-order valence-electron chi connectivity index (χ3n) is 1.66. The van der Waals surface area contributed by atoms with Gasteiger partial charge in [0.25, 0.3) is 0 Å². The van der Waals surface area contributed by atoms with Crippen LogP contribution < -0.4 is 4.90 Å². The second-order valence-electron chi connectivity index (χ2n) is 2.48. The highest BCUT2D eigenvalue weighted by molar-refractivity contribution is 7.98. The first-order valence-electron chi connectivity index (χ1n) is 3.66. The fourth-order valence-electron chi connectivity index (χ4n) is 0.930. The van der Waals surface area contributed by atoms with Crippen LogP contribution in [-0.4, -0.2) is 13.3 Å². The first-order chi connectivity index (χ1) is 6.19. The fraction of sp³-hybridized carbons (Fsp3) is 0.222. The van der Waals surface area contributed by atoms with E-state index in [0.717, 1.165) is 10.6 Å². The average Bonchev–Trinajstić information content (AvgIpc) is 2.17. The smallest absolute Gasteiger partial charge is 0.184 e. The van der Waals surface area contributed by atoms with E-state index in [2.05, 4.69) is 0 Å². The van der Waals surface area contributed by atoms with E-state index in [9.17, 15) is 0 Å². The third kappa shape index (κ3) is 2.30. The van der Waals surface area contributed by atoms with Crippen LogP contribution in [0, 0.1) is 11.5 Å². The van der Waals surface area contributed by atoms with Gasteiger partial charge in [-0.1, -0.05) is 11.6 Å². The van der Waals surface area contributed by atoms with E-state index in [1.165, 1.54) is 4.90 Å². The van der Waals surface area contributed by atoms with Crippen molar-refractivity contribution >= 4 is 29.1 Å². The molecule has 0 heterocycles. The Morgan fingerprint density at radius 1 is 1.54 bits per heavy atom. The average molecular weight is 213 g/mol. The van der Waals surface area contributed by atoms with Crippen molar-refractivity contribution in [2.75, 3.05) is 18.2 Å². The molecule has 1 aromatic carbocycles. The Morgan fingerprint density at radius 2 is 2.23 bits per heavy atom. The molecular formula is C9H9ClN2S. The predicted molar refractivity (Wildman–Crippen MR) is 57.2 cm³/mol. The van der Waals surface area contributed by atoms with E-state index < -0.39 is 0 Å². The number of anilines is 1. The number of nitrogens with zero attached hydrogens (tertiary/aromatic N) is 2. The molecule has 13 heavy (non-hydrogen) atoms. The Bertz CT molecular complexity index is 346. The second-order valence-corrected chi connectivity index (χ2v) is 3.76. The molecule has 1 aromatic rings. The lowest BCUT2D eigenvalue weighted by Gasteiger charge is -2.11. The number of benzene rings is 1. The summed E-state index contributed by atoms with van der Waals surface area (Å²) in [6, 6.07) is 5.63.